The number of thiophene rings is 1. The van der Waals surface area contributed by atoms with E-state index in [2.05, 4.69) is 0 Å². The standard InChI is InChI=1S/C9H5ClN2S/c10-8-3-6-7(13-8)2-1-5(4-11)9(6)12/h1-3H,12H2. The molecule has 2 nitrogen and oxygen atoms in total. The Hall–Kier alpha value is -1.24. The number of hydrogen-bond acceptors (Lipinski definition) is 3. The molecule has 1 aromatic heterocycles. The largest absolute Gasteiger partial charge is 0.397 e. The third kappa shape index (κ3) is 1.24. The molecule has 0 unspecified atom stereocenters. The summed E-state index contributed by atoms with van der Waals surface area (Å²) in [6.45, 7) is 0. The molecule has 0 saturated carbocycles. The second-order valence-corrected chi connectivity index (χ2v) is 4.32. The number of hydrogen-bond donors (Lipinski definition) is 1. The first-order valence-electron chi connectivity index (χ1n) is 3.60. The zero-order valence-corrected chi connectivity index (χ0v) is 8.12. The van der Waals surface area contributed by atoms with Crippen molar-refractivity contribution in [3.63, 3.8) is 0 Å². The van der Waals surface area contributed by atoms with Crippen molar-refractivity contribution in [1.82, 2.24) is 0 Å². The Kier molecular flexibility index (Phi) is 1.87. The van der Waals surface area contributed by atoms with E-state index in [1.165, 1.54) is 11.3 Å². The fourth-order valence-electron chi connectivity index (χ4n) is 1.20. The van der Waals surface area contributed by atoms with Gasteiger partial charge in [-0.25, -0.2) is 0 Å². The van der Waals surface area contributed by atoms with Gasteiger partial charge in [0.25, 0.3) is 0 Å². The summed E-state index contributed by atoms with van der Waals surface area (Å²) in [5, 5.41) is 9.59. The lowest BCUT2D eigenvalue weighted by Gasteiger charge is -1.97. The summed E-state index contributed by atoms with van der Waals surface area (Å²) in [6.07, 6.45) is 0. The molecule has 0 saturated heterocycles. The average Bonchev–Trinajstić information content (AvgIpc) is 2.47. The van der Waals surface area contributed by atoms with Crippen LogP contribution in [0, 0.1) is 11.3 Å². The minimum Gasteiger partial charge on any atom is -0.397 e. The summed E-state index contributed by atoms with van der Waals surface area (Å²) in [4.78, 5) is 0. The number of rotatable bonds is 0. The van der Waals surface area contributed by atoms with Gasteiger partial charge in [-0.1, -0.05) is 11.6 Å². The molecule has 0 fully saturated rings. The van der Waals surface area contributed by atoms with Crippen LogP contribution in [0.2, 0.25) is 4.34 Å². The van der Waals surface area contributed by atoms with Crippen molar-refractivity contribution in [1.29, 1.82) is 5.26 Å². The lowest BCUT2D eigenvalue weighted by molar-refractivity contribution is 1.50. The van der Waals surface area contributed by atoms with E-state index in [9.17, 15) is 0 Å². The highest BCUT2D eigenvalue weighted by molar-refractivity contribution is 7.22. The van der Waals surface area contributed by atoms with Crippen LogP contribution in [0.3, 0.4) is 0 Å². The van der Waals surface area contributed by atoms with Crippen LogP contribution >= 0.6 is 22.9 Å². The molecular formula is C9H5ClN2S. The van der Waals surface area contributed by atoms with E-state index in [0.717, 1.165) is 10.1 Å². The van der Waals surface area contributed by atoms with Crippen LogP contribution in [-0.2, 0) is 0 Å². The van der Waals surface area contributed by atoms with Crippen molar-refractivity contribution >= 4 is 38.7 Å². The first-order valence-corrected chi connectivity index (χ1v) is 4.79. The van der Waals surface area contributed by atoms with Crippen molar-refractivity contribution in [3.8, 4) is 6.07 Å². The first-order chi connectivity index (χ1) is 6.22. The summed E-state index contributed by atoms with van der Waals surface area (Å²) in [5.74, 6) is 0. The van der Waals surface area contributed by atoms with E-state index in [1.54, 1.807) is 12.1 Å². The molecule has 0 amide bonds. The highest BCUT2D eigenvalue weighted by Gasteiger charge is 2.06. The Morgan fingerprint density at radius 1 is 1.46 bits per heavy atom. The second kappa shape index (κ2) is 2.91. The second-order valence-electron chi connectivity index (χ2n) is 2.60. The van der Waals surface area contributed by atoms with Gasteiger partial charge in [0.1, 0.15) is 6.07 Å². The number of anilines is 1. The highest BCUT2D eigenvalue weighted by atomic mass is 35.5. The molecule has 2 N–H and O–H groups in total. The lowest BCUT2D eigenvalue weighted by Crippen LogP contribution is -1.89. The number of nitriles is 1. The number of fused-ring (bicyclic) bond motifs is 1. The molecule has 0 atom stereocenters. The lowest BCUT2D eigenvalue weighted by atomic mass is 10.1. The Balaban J connectivity index is 2.87. The van der Waals surface area contributed by atoms with Gasteiger partial charge in [-0.15, -0.1) is 11.3 Å². The summed E-state index contributed by atoms with van der Waals surface area (Å²) >= 11 is 7.29. The van der Waals surface area contributed by atoms with Gasteiger partial charge in [0.2, 0.25) is 0 Å². The van der Waals surface area contributed by atoms with Gasteiger partial charge < -0.3 is 5.73 Å². The maximum Gasteiger partial charge on any atom is 0.101 e. The van der Waals surface area contributed by atoms with Crippen molar-refractivity contribution in [2.75, 3.05) is 5.73 Å². The summed E-state index contributed by atoms with van der Waals surface area (Å²) in [6, 6.07) is 7.40. The Morgan fingerprint density at radius 2 is 2.23 bits per heavy atom. The van der Waals surface area contributed by atoms with Crippen LogP contribution in [-0.4, -0.2) is 0 Å². The Bertz CT molecular complexity index is 510. The fourth-order valence-corrected chi connectivity index (χ4v) is 2.36. The average molecular weight is 209 g/mol. The SMILES string of the molecule is N#Cc1ccc2sc(Cl)cc2c1N. The van der Waals surface area contributed by atoms with Crippen LogP contribution in [0.25, 0.3) is 10.1 Å². The third-order valence-electron chi connectivity index (χ3n) is 1.83. The van der Waals surface area contributed by atoms with Gasteiger partial charge in [-0.2, -0.15) is 5.26 Å². The molecule has 2 rings (SSSR count). The number of benzene rings is 1. The van der Waals surface area contributed by atoms with Gasteiger partial charge in [0.05, 0.1) is 15.6 Å². The monoisotopic (exact) mass is 208 g/mol. The first kappa shape index (κ1) is 8.36. The van der Waals surface area contributed by atoms with Crippen LogP contribution in [0.4, 0.5) is 5.69 Å². The maximum absolute atomic E-state index is 8.73. The topological polar surface area (TPSA) is 49.8 Å². The fraction of sp³-hybridized carbons (Fsp3) is 0. The quantitative estimate of drug-likeness (QED) is 0.677. The molecule has 1 heterocycles. The predicted molar refractivity (Wildman–Crippen MR) is 56.0 cm³/mol. The molecule has 13 heavy (non-hydrogen) atoms. The molecule has 0 aliphatic carbocycles. The number of nitrogens with zero attached hydrogens (tertiary/aromatic N) is 1. The predicted octanol–water partition coefficient (Wildman–Crippen LogP) is 3.01. The molecule has 2 aromatic rings. The zero-order valence-electron chi connectivity index (χ0n) is 6.54. The number of nitrogens with two attached hydrogens (primary N) is 1. The zero-order chi connectivity index (χ0) is 9.42. The van der Waals surface area contributed by atoms with E-state index in [-0.39, 0.29) is 0 Å². The summed E-state index contributed by atoms with van der Waals surface area (Å²) in [5.41, 5.74) is 6.79. The molecule has 0 aliphatic heterocycles. The summed E-state index contributed by atoms with van der Waals surface area (Å²) in [7, 11) is 0. The van der Waals surface area contributed by atoms with Crippen LogP contribution in [0.5, 0.6) is 0 Å². The highest BCUT2D eigenvalue weighted by Crippen LogP contribution is 2.34. The Labute approximate surface area is 84.2 Å². The van der Waals surface area contributed by atoms with Crippen molar-refractivity contribution < 1.29 is 0 Å². The molecule has 0 spiro atoms. The maximum atomic E-state index is 8.73. The van der Waals surface area contributed by atoms with E-state index < -0.39 is 0 Å². The molecule has 64 valence electrons. The smallest absolute Gasteiger partial charge is 0.101 e. The molecule has 0 aliphatic rings. The van der Waals surface area contributed by atoms with E-state index >= 15 is 0 Å². The van der Waals surface area contributed by atoms with Crippen molar-refractivity contribution in [2.45, 2.75) is 0 Å². The Morgan fingerprint density at radius 3 is 2.92 bits per heavy atom. The molecule has 0 bridgehead atoms. The number of halogens is 1. The van der Waals surface area contributed by atoms with Gasteiger partial charge in [-0.05, 0) is 18.2 Å². The van der Waals surface area contributed by atoms with E-state index in [4.69, 9.17) is 22.6 Å². The minimum atomic E-state index is 0.502. The van der Waals surface area contributed by atoms with E-state index in [0.29, 0.717) is 15.6 Å². The molecular weight excluding hydrogens is 204 g/mol. The number of nitrogen functional groups attached to an aromatic ring is 1. The van der Waals surface area contributed by atoms with Crippen LogP contribution in [0.1, 0.15) is 5.56 Å². The van der Waals surface area contributed by atoms with Crippen LogP contribution in [0.15, 0.2) is 18.2 Å². The van der Waals surface area contributed by atoms with Gasteiger partial charge in [0, 0.05) is 10.1 Å². The molecule has 4 heteroatoms. The van der Waals surface area contributed by atoms with Crippen molar-refractivity contribution in [3.05, 3.63) is 28.1 Å². The van der Waals surface area contributed by atoms with Crippen LogP contribution < -0.4 is 5.73 Å². The normalized spacial score (nSPS) is 10.2. The minimum absolute atomic E-state index is 0.502. The molecule has 0 radical (unpaired) electrons. The molecule has 1 aromatic carbocycles. The van der Waals surface area contributed by atoms with Gasteiger partial charge >= 0.3 is 0 Å². The summed E-state index contributed by atoms with van der Waals surface area (Å²) < 4.78 is 1.71. The van der Waals surface area contributed by atoms with E-state index in [1.807, 2.05) is 12.1 Å². The third-order valence-corrected chi connectivity index (χ3v) is 3.06. The van der Waals surface area contributed by atoms with Gasteiger partial charge in [0.15, 0.2) is 0 Å². The van der Waals surface area contributed by atoms with Crippen molar-refractivity contribution in [2.24, 2.45) is 0 Å². The van der Waals surface area contributed by atoms with Gasteiger partial charge in [-0.3, -0.25) is 0 Å².